The Morgan fingerprint density at radius 2 is 2.06 bits per heavy atom. The summed E-state index contributed by atoms with van der Waals surface area (Å²) in [7, 11) is 0. The largest absolute Gasteiger partial charge is 0.282 e. The first-order valence-corrected chi connectivity index (χ1v) is 5.56. The molecule has 0 N–H and O–H groups in total. The maximum atomic E-state index is 13.5. The summed E-state index contributed by atoms with van der Waals surface area (Å²) in [6.45, 7) is 0. The fraction of sp³-hybridized carbons (Fsp3) is 0.111. The van der Waals surface area contributed by atoms with Crippen LogP contribution in [-0.4, -0.2) is 14.8 Å². The van der Waals surface area contributed by atoms with Crippen molar-refractivity contribution in [3.63, 3.8) is 0 Å². The molecule has 1 aromatic carbocycles. The van der Waals surface area contributed by atoms with E-state index in [4.69, 9.17) is 11.6 Å². The maximum Gasteiger partial charge on any atom is 0.152 e. The second-order valence-corrected chi connectivity index (χ2v) is 4.09. The second kappa shape index (κ2) is 4.47. The van der Waals surface area contributed by atoms with Crippen LogP contribution in [0.2, 0.25) is 0 Å². The van der Waals surface area contributed by atoms with Crippen molar-refractivity contribution in [2.24, 2.45) is 0 Å². The van der Waals surface area contributed by atoms with Crippen LogP contribution in [0.3, 0.4) is 0 Å². The highest BCUT2D eigenvalue weighted by Crippen LogP contribution is 2.23. The molecule has 7 heteroatoms. The smallest absolute Gasteiger partial charge is 0.152 e. The molecule has 1 heterocycles. The van der Waals surface area contributed by atoms with Crippen molar-refractivity contribution < 1.29 is 8.78 Å². The van der Waals surface area contributed by atoms with Gasteiger partial charge in [0, 0.05) is 6.07 Å². The van der Waals surface area contributed by atoms with Gasteiger partial charge in [-0.25, -0.2) is 8.78 Å². The molecule has 0 aliphatic rings. The van der Waals surface area contributed by atoms with Gasteiger partial charge in [-0.15, -0.1) is 21.8 Å². The minimum atomic E-state index is -0.702. The van der Waals surface area contributed by atoms with Crippen LogP contribution in [0.25, 0.3) is 5.69 Å². The first kappa shape index (κ1) is 11.5. The van der Waals surface area contributed by atoms with Crippen LogP contribution in [0, 0.1) is 11.6 Å². The molecule has 0 unspecified atom stereocenters. The number of hydrogen-bond acceptors (Lipinski definition) is 2. The molecule has 0 spiro atoms. The summed E-state index contributed by atoms with van der Waals surface area (Å²) < 4.78 is 28.1. The molecule has 2 rings (SSSR count). The maximum absolute atomic E-state index is 13.5. The lowest BCUT2D eigenvalue weighted by Crippen LogP contribution is -2.02. The van der Waals surface area contributed by atoms with E-state index in [1.54, 1.807) is 0 Å². The molecular weight excluding hydrogens is 303 g/mol. The predicted octanol–water partition coefficient (Wildman–Crippen LogP) is 3.05. The van der Waals surface area contributed by atoms with Crippen molar-refractivity contribution in [1.82, 2.24) is 14.8 Å². The van der Waals surface area contributed by atoms with Gasteiger partial charge < -0.3 is 0 Å². The van der Waals surface area contributed by atoms with Gasteiger partial charge in [-0.05, 0) is 22.0 Å². The van der Waals surface area contributed by atoms with Gasteiger partial charge in [0.2, 0.25) is 0 Å². The summed E-state index contributed by atoms with van der Waals surface area (Å²) in [5, 5.41) is 7.32. The lowest BCUT2D eigenvalue weighted by Gasteiger charge is -2.07. The molecule has 0 fully saturated rings. The minimum absolute atomic E-state index is 0.0917. The molecule has 2 aromatic rings. The molecule has 0 bridgehead atoms. The van der Waals surface area contributed by atoms with Gasteiger partial charge >= 0.3 is 0 Å². The Balaban J connectivity index is 2.60. The average molecular weight is 309 g/mol. The molecule has 16 heavy (non-hydrogen) atoms. The number of nitrogens with zero attached hydrogens (tertiary/aromatic N) is 3. The lowest BCUT2D eigenvalue weighted by atomic mass is 10.3. The third-order valence-electron chi connectivity index (χ3n) is 1.99. The van der Waals surface area contributed by atoms with Crippen molar-refractivity contribution >= 4 is 27.5 Å². The van der Waals surface area contributed by atoms with Gasteiger partial charge in [-0.2, -0.15) is 0 Å². The monoisotopic (exact) mass is 307 g/mol. The molecule has 0 radical (unpaired) electrons. The molecular formula is C9H5BrClF2N3. The number of benzene rings is 1. The van der Waals surface area contributed by atoms with Crippen LogP contribution in [0.15, 0.2) is 22.9 Å². The van der Waals surface area contributed by atoms with E-state index in [9.17, 15) is 8.78 Å². The average Bonchev–Trinajstić information content (AvgIpc) is 2.71. The van der Waals surface area contributed by atoms with E-state index in [0.717, 1.165) is 6.07 Å². The topological polar surface area (TPSA) is 30.7 Å². The van der Waals surface area contributed by atoms with Crippen LogP contribution in [0.5, 0.6) is 0 Å². The molecule has 0 aliphatic carbocycles. The molecule has 0 saturated heterocycles. The third-order valence-corrected chi connectivity index (χ3v) is 2.83. The molecule has 0 atom stereocenters. The third kappa shape index (κ3) is 1.94. The Kier molecular flexibility index (Phi) is 3.20. The Morgan fingerprint density at radius 3 is 2.75 bits per heavy atom. The van der Waals surface area contributed by atoms with Crippen molar-refractivity contribution in [3.05, 3.63) is 40.4 Å². The summed E-state index contributed by atoms with van der Waals surface area (Å²) in [6, 6.07) is 2.10. The van der Waals surface area contributed by atoms with Gasteiger partial charge in [0.15, 0.2) is 5.82 Å². The highest BCUT2D eigenvalue weighted by atomic mass is 79.9. The summed E-state index contributed by atoms with van der Waals surface area (Å²) in [4.78, 5) is 0. The molecule has 0 aliphatic heterocycles. The van der Waals surface area contributed by atoms with Gasteiger partial charge in [0.1, 0.15) is 18.0 Å². The molecule has 1 aromatic heterocycles. The van der Waals surface area contributed by atoms with E-state index in [1.807, 2.05) is 0 Å². The summed E-state index contributed by atoms with van der Waals surface area (Å²) >= 11 is 8.60. The number of aromatic nitrogens is 3. The van der Waals surface area contributed by atoms with E-state index in [2.05, 4.69) is 26.1 Å². The fourth-order valence-electron chi connectivity index (χ4n) is 1.25. The van der Waals surface area contributed by atoms with Crippen LogP contribution in [-0.2, 0) is 5.88 Å². The fourth-order valence-corrected chi connectivity index (χ4v) is 1.76. The Labute approximate surface area is 103 Å². The molecule has 3 nitrogen and oxygen atoms in total. The Hall–Kier alpha value is -1.01. The van der Waals surface area contributed by atoms with Crippen LogP contribution in [0.1, 0.15) is 5.82 Å². The first-order valence-electron chi connectivity index (χ1n) is 4.23. The number of alkyl halides is 1. The van der Waals surface area contributed by atoms with Crippen molar-refractivity contribution in [3.8, 4) is 5.69 Å². The Bertz CT molecular complexity index is 529. The van der Waals surface area contributed by atoms with Gasteiger partial charge in [0.25, 0.3) is 0 Å². The van der Waals surface area contributed by atoms with E-state index in [1.165, 1.54) is 17.0 Å². The van der Waals surface area contributed by atoms with Crippen LogP contribution < -0.4 is 0 Å². The molecule has 0 amide bonds. The van der Waals surface area contributed by atoms with Gasteiger partial charge in [-0.3, -0.25) is 4.57 Å². The minimum Gasteiger partial charge on any atom is -0.282 e. The second-order valence-electron chi connectivity index (χ2n) is 2.97. The van der Waals surface area contributed by atoms with E-state index in [0.29, 0.717) is 5.82 Å². The van der Waals surface area contributed by atoms with Crippen LogP contribution in [0.4, 0.5) is 8.78 Å². The van der Waals surface area contributed by atoms with Crippen molar-refractivity contribution in [1.29, 1.82) is 0 Å². The predicted molar refractivity (Wildman–Crippen MR) is 58.5 cm³/mol. The van der Waals surface area contributed by atoms with Crippen molar-refractivity contribution in [2.75, 3.05) is 0 Å². The lowest BCUT2D eigenvalue weighted by molar-refractivity contribution is 0.572. The van der Waals surface area contributed by atoms with E-state index in [-0.39, 0.29) is 16.0 Å². The first-order chi connectivity index (χ1) is 7.63. The Morgan fingerprint density at radius 1 is 1.31 bits per heavy atom. The number of halogens is 4. The SMILES string of the molecule is Fc1cc(F)c(-n2cnnc2CCl)cc1Br. The van der Waals surface area contributed by atoms with E-state index >= 15 is 0 Å². The van der Waals surface area contributed by atoms with Crippen LogP contribution >= 0.6 is 27.5 Å². The summed E-state index contributed by atoms with van der Waals surface area (Å²) in [6.07, 6.45) is 1.32. The zero-order valence-electron chi connectivity index (χ0n) is 7.79. The highest BCUT2D eigenvalue weighted by molar-refractivity contribution is 9.10. The summed E-state index contributed by atoms with van der Waals surface area (Å²) in [5.74, 6) is -0.887. The summed E-state index contributed by atoms with van der Waals surface area (Å²) in [5.41, 5.74) is 0.147. The number of hydrogen-bond donors (Lipinski definition) is 0. The normalized spacial score (nSPS) is 10.8. The highest BCUT2D eigenvalue weighted by Gasteiger charge is 2.13. The zero-order chi connectivity index (χ0) is 11.7. The standard InChI is InChI=1S/C9H5BrClF2N3/c10-5-1-8(7(13)2-6(5)12)16-4-14-15-9(16)3-11/h1-2,4H,3H2. The zero-order valence-corrected chi connectivity index (χ0v) is 10.1. The quantitative estimate of drug-likeness (QED) is 0.630. The van der Waals surface area contributed by atoms with Gasteiger partial charge in [-0.1, -0.05) is 0 Å². The van der Waals surface area contributed by atoms with Gasteiger partial charge in [0.05, 0.1) is 16.0 Å². The molecule has 0 saturated carbocycles. The molecule has 84 valence electrons. The van der Waals surface area contributed by atoms with E-state index < -0.39 is 11.6 Å². The van der Waals surface area contributed by atoms with Crippen molar-refractivity contribution in [2.45, 2.75) is 5.88 Å². The number of rotatable bonds is 2.